The predicted octanol–water partition coefficient (Wildman–Crippen LogP) is 4.66. The molecular formula is C13H26. The minimum Gasteiger partial charge on any atom is -0.0885 e. The first-order valence-electron chi connectivity index (χ1n) is 5.72. The van der Waals surface area contributed by atoms with Crippen molar-refractivity contribution >= 4 is 0 Å². The molecule has 0 nitrogen and oxygen atoms in total. The molecule has 0 unspecified atom stereocenters. The van der Waals surface area contributed by atoms with E-state index in [-0.39, 0.29) is 0 Å². The largest absolute Gasteiger partial charge is 0.0885 e. The second-order valence-electron chi connectivity index (χ2n) is 4.78. The molecule has 0 aliphatic carbocycles. The molecule has 0 saturated heterocycles. The van der Waals surface area contributed by atoms with Crippen LogP contribution in [0, 0.1) is 17.8 Å². The Morgan fingerprint density at radius 1 is 1.00 bits per heavy atom. The fraction of sp³-hybridized carbons (Fsp3) is 0.846. The number of allylic oxidation sites excluding steroid dienone is 2. The molecule has 13 heavy (non-hydrogen) atoms. The quantitative estimate of drug-likeness (QED) is 0.524. The summed E-state index contributed by atoms with van der Waals surface area (Å²) >= 11 is 0. The van der Waals surface area contributed by atoms with Gasteiger partial charge in [-0.05, 0) is 37.0 Å². The van der Waals surface area contributed by atoms with Gasteiger partial charge in [-0.1, -0.05) is 46.8 Å². The van der Waals surface area contributed by atoms with Crippen molar-refractivity contribution < 1.29 is 0 Å². The SMILES string of the molecule is CCC=C[C@H](C)C[C@H](C)CC(C)C. The van der Waals surface area contributed by atoms with Crippen LogP contribution in [0.2, 0.25) is 0 Å². The van der Waals surface area contributed by atoms with Crippen LogP contribution in [-0.4, -0.2) is 0 Å². The molecule has 0 aliphatic heterocycles. The summed E-state index contributed by atoms with van der Waals surface area (Å²) in [7, 11) is 0. The van der Waals surface area contributed by atoms with E-state index in [4.69, 9.17) is 0 Å². The van der Waals surface area contributed by atoms with Crippen molar-refractivity contribution in [1.29, 1.82) is 0 Å². The van der Waals surface area contributed by atoms with Crippen molar-refractivity contribution in [2.45, 2.75) is 53.9 Å². The normalized spacial score (nSPS) is 16.8. The molecule has 0 heterocycles. The maximum atomic E-state index is 2.37. The van der Waals surface area contributed by atoms with Crippen LogP contribution in [0.3, 0.4) is 0 Å². The van der Waals surface area contributed by atoms with Gasteiger partial charge in [-0.15, -0.1) is 0 Å². The van der Waals surface area contributed by atoms with E-state index in [2.05, 4.69) is 46.8 Å². The molecule has 78 valence electrons. The third-order valence-electron chi connectivity index (χ3n) is 2.35. The third-order valence-corrected chi connectivity index (χ3v) is 2.35. The van der Waals surface area contributed by atoms with Gasteiger partial charge in [0.15, 0.2) is 0 Å². The molecule has 0 aromatic rings. The van der Waals surface area contributed by atoms with Gasteiger partial charge in [0.2, 0.25) is 0 Å². The Bertz CT molecular complexity index is 133. The average Bonchev–Trinajstić information content (AvgIpc) is 1.98. The van der Waals surface area contributed by atoms with Crippen LogP contribution in [0.4, 0.5) is 0 Å². The highest BCUT2D eigenvalue weighted by molar-refractivity contribution is 4.86. The molecule has 0 aromatic carbocycles. The van der Waals surface area contributed by atoms with Crippen LogP contribution in [0.5, 0.6) is 0 Å². The van der Waals surface area contributed by atoms with Gasteiger partial charge in [0.25, 0.3) is 0 Å². The van der Waals surface area contributed by atoms with Gasteiger partial charge >= 0.3 is 0 Å². The summed E-state index contributed by atoms with van der Waals surface area (Å²) in [4.78, 5) is 0. The van der Waals surface area contributed by atoms with Crippen LogP contribution in [0.15, 0.2) is 12.2 Å². The molecule has 0 rings (SSSR count). The van der Waals surface area contributed by atoms with E-state index in [1.54, 1.807) is 0 Å². The molecule has 0 heteroatoms. The summed E-state index contributed by atoms with van der Waals surface area (Å²) < 4.78 is 0. The number of rotatable bonds is 6. The van der Waals surface area contributed by atoms with Crippen molar-refractivity contribution in [3.63, 3.8) is 0 Å². The Labute approximate surface area is 84.4 Å². The van der Waals surface area contributed by atoms with Crippen LogP contribution in [0.25, 0.3) is 0 Å². The number of hydrogen-bond donors (Lipinski definition) is 0. The monoisotopic (exact) mass is 182 g/mol. The zero-order valence-electron chi connectivity index (χ0n) is 10.0. The molecule has 0 radical (unpaired) electrons. The zero-order valence-corrected chi connectivity index (χ0v) is 10.0. The highest BCUT2D eigenvalue weighted by Crippen LogP contribution is 2.20. The van der Waals surface area contributed by atoms with Crippen LogP contribution < -0.4 is 0 Å². The third kappa shape index (κ3) is 8.08. The lowest BCUT2D eigenvalue weighted by atomic mass is 9.90. The molecule has 0 fully saturated rings. The lowest BCUT2D eigenvalue weighted by Crippen LogP contribution is -2.04. The summed E-state index contributed by atoms with van der Waals surface area (Å²) in [6.45, 7) is 11.5. The van der Waals surface area contributed by atoms with Crippen molar-refractivity contribution in [2.75, 3.05) is 0 Å². The molecule has 0 bridgehead atoms. The summed E-state index contributed by atoms with van der Waals surface area (Å²) in [5.74, 6) is 2.47. The van der Waals surface area contributed by atoms with Crippen molar-refractivity contribution in [1.82, 2.24) is 0 Å². The van der Waals surface area contributed by atoms with E-state index in [0.29, 0.717) is 0 Å². The predicted molar refractivity (Wildman–Crippen MR) is 61.8 cm³/mol. The van der Waals surface area contributed by atoms with Gasteiger partial charge in [0, 0.05) is 0 Å². The van der Waals surface area contributed by atoms with Gasteiger partial charge in [-0.2, -0.15) is 0 Å². The van der Waals surface area contributed by atoms with Gasteiger partial charge < -0.3 is 0 Å². The molecule has 0 saturated carbocycles. The first kappa shape index (κ1) is 12.7. The van der Waals surface area contributed by atoms with E-state index in [9.17, 15) is 0 Å². The second-order valence-corrected chi connectivity index (χ2v) is 4.78. The fourth-order valence-electron chi connectivity index (χ4n) is 1.98. The van der Waals surface area contributed by atoms with E-state index < -0.39 is 0 Å². The average molecular weight is 182 g/mol. The van der Waals surface area contributed by atoms with Gasteiger partial charge in [-0.25, -0.2) is 0 Å². The molecule has 0 aromatic heterocycles. The van der Waals surface area contributed by atoms with Crippen LogP contribution >= 0.6 is 0 Å². The molecule has 0 aliphatic rings. The molecular weight excluding hydrogens is 156 g/mol. The fourth-order valence-corrected chi connectivity index (χ4v) is 1.98. The molecule has 0 spiro atoms. The maximum absolute atomic E-state index is 2.37. The molecule has 2 atom stereocenters. The minimum absolute atomic E-state index is 0.758. The zero-order chi connectivity index (χ0) is 10.3. The molecule has 0 amide bonds. The van der Waals surface area contributed by atoms with E-state index in [0.717, 1.165) is 17.8 Å². The summed E-state index contributed by atoms with van der Waals surface area (Å²) in [5.41, 5.74) is 0. The lowest BCUT2D eigenvalue weighted by Gasteiger charge is -2.16. The van der Waals surface area contributed by atoms with Crippen molar-refractivity contribution in [2.24, 2.45) is 17.8 Å². The lowest BCUT2D eigenvalue weighted by molar-refractivity contribution is 0.383. The Hall–Kier alpha value is -0.260. The molecule has 0 N–H and O–H groups in total. The first-order valence-corrected chi connectivity index (χ1v) is 5.72. The first-order chi connectivity index (χ1) is 6.06. The van der Waals surface area contributed by atoms with E-state index >= 15 is 0 Å². The van der Waals surface area contributed by atoms with Crippen LogP contribution in [-0.2, 0) is 0 Å². The highest BCUT2D eigenvalue weighted by Gasteiger charge is 2.07. The number of hydrogen-bond acceptors (Lipinski definition) is 0. The standard InChI is InChI=1S/C13H26/c1-6-7-8-12(4)10-13(5)9-11(2)3/h7-8,11-13H,6,9-10H2,1-5H3/t12-,13+/m0/s1. The summed E-state index contributed by atoms with van der Waals surface area (Å²) in [6.07, 6.45) is 8.52. The van der Waals surface area contributed by atoms with Gasteiger partial charge in [0.05, 0.1) is 0 Å². The maximum Gasteiger partial charge on any atom is -0.0259 e. The Kier molecular flexibility index (Phi) is 7.03. The topological polar surface area (TPSA) is 0 Å². The Balaban J connectivity index is 3.64. The van der Waals surface area contributed by atoms with Crippen LogP contribution in [0.1, 0.15) is 53.9 Å². The second kappa shape index (κ2) is 7.17. The highest BCUT2D eigenvalue weighted by atomic mass is 14.1. The Morgan fingerprint density at radius 2 is 1.62 bits per heavy atom. The summed E-state index contributed by atoms with van der Waals surface area (Å²) in [6, 6.07) is 0. The van der Waals surface area contributed by atoms with Gasteiger partial charge in [0.1, 0.15) is 0 Å². The minimum atomic E-state index is 0.758. The van der Waals surface area contributed by atoms with Crippen molar-refractivity contribution in [3.05, 3.63) is 12.2 Å². The van der Waals surface area contributed by atoms with Crippen molar-refractivity contribution in [3.8, 4) is 0 Å². The Morgan fingerprint density at radius 3 is 2.08 bits per heavy atom. The van der Waals surface area contributed by atoms with E-state index in [1.807, 2.05) is 0 Å². The smallest absolute Gasteiger partial charge is 0.0259 e. The van der Waals surface area contributed by atoms with Gasteiger partial charge in [-0.3, -0.25) is 0 Å². The summed E-state index contributed by atoms with van der Waals surface area (Å²) in [5, 5.41) is 0. The van der Waals surface area contributed by atoms with E-state index in [1.165, 1.54) is 19.3 Å².